The molecule has 1 aromatic rings. The van der Waals surface area contributed by atoms with Gasteiger partial charge in [0.05, 0.1) is 0 Å². The predicted molar refractivity (Wildman–Crippen MR) is 66.7 cm³/mol. The zero-order valence-electron chi connectivity index (χ0n) is 9.45. The number of carboxylic acid groups (broad SMARTS) is 1. The fourth-order valence-electron chi connectivity index (χ4n) is 2.20. The maximum atomic E-state index is 11.0. The number of carbonyl (C=O) groups is 1. The first kappa shape index (κ1) is 12.2. The third-order valence-electron chi connectivity index (χ3n) is 3.12. The van der Waals surface area contributed by atoms with E-state index >= 15 is 0 Å². The normalized spacial score (nSPS) is 16.1. The zero-order valence-corrected chi connectivity index (χ0v) is 10.2. The zero-order chi connectivity index (χ0) is 12.3. The van der Waals surface area contributed by atoms with Crippen LogP contribution in [-0.2, 0) is 0 Å². The molecule has 5 heteroatoms. The molecule has 0 unspecified atom stereocenters. The molecule has 0 saturated heterocycles. The number of hydrogen-bond acceptors (Lipinski definition) is 3. The number of hydrogen-bond donors (Lipinski definition) is 2. The lowest BCUT2D eigenvalue weighted by Gasteiger charge is -2.12. The van der Waals surface area contributed by atoms with Crippen molar-refractivity contribution in [1.29, 1.82) is 0 Å². The van der Waals surface area contributed by atoms with Crippen LogP contribution in [0.3, 0.4) is 0 Å². The van der Waals surface area contributed by atoms with Crippen molar-refractivity contribution in [3.05, 3.63) is 22.8 Å². The maximum Gasteiger partial charge on any atom is 0.339 e. The van der Waals surface area contributed by atoms with Gasteiger partial charge in [0.15, 0.2) is 0 Å². The van der Waals surface area contributed by atoms with Crippen molar-refractivity contribution in [2.24, 2.45) is 5.92 Å². The van der Waals surface area contributed by atoms with Crippen LogP contribution >= 0.6 is 11.6 Å². The molecular weight excluding hydrogens is 240 g/mol. The van der Waals surface area contributed by atoms with Gasteiger partial charge in [-0.15, -0.1) is 0 Å². The molecule has 0 aliphatic heterocycles. The molecule has 2 rings (SSSR count). The van der Waals surface area contributed by atoms with E-state index in [-0.39, 0.29) is 5.56 Å². The number of rotatable bonds is 4. The molecule has 1 saturated carbocycles. The largest absolute Gasteiger partial charge is 0.478 e. The minimum atomic E-state index is -0.983. The van der Waals surface area contributed by atoms with Crippen LogP contribution in [0.1, 0.15) is 36.0 Å². The van der Waals surface area contributed by atoms with Gasteiger partial charge in [-0.25, -0.2) is 9.78 Å². The lowest BCUT2D eigenvalue weighted by Crippen LogP contribution is -2.15. The van der Waals surface area contributed by atoms with E-state index in [4.69, 9.17) is 16.7 Å². The molecule has 0 atom stereocenters. The van der Waals surface area contributed by atoms with E-state index in [0.717, 1.165) is 6.54 Å². The fraction of sp³-hybridized carbons (Fsp3) is 0.500. The highest BCUT2D eigenvalue weighted by Crippen LogP contribution is 2.25. The fourth-order valence-corrected chi connectivity index (χ4v) is 2.35. The summed E-state index contributed by atoms with van der Waals surface area (Å²) in [7, 11) is 0. The summed E-state index contributed by atoms with van der Waals surface area (Å²) in [4.78, 5) is 15.0. The monoisotopic (exact) mass is 254 g/mol. The van der Waals surface area contributed by atoms with Crippen molar-refractivity contribution < 1.29 is 9.90 Å². The highest BCUT2D eigenvalue weighted by Gasteiger charge is 2.17. The first-order valence-corrected chi connectivity index (χ1v) is 6.18. The minimum absolute atomic E-state index is 0.174. The Morgan fingerprint density at radius 1 is 1.47 bits per heavy atom. The van der Waals surface area contributed by atoms with Crippen LogP contribution in [0.15, 0.2) is 12.1 Å². The number of anilines is 1. The number of carboxylic acids is 1. The van der Waals surface area contributed by atoms with Gasteiger partial charge in [-0.1, -0.05) is 24.4 Å². The van der Waals surface area contributed by atoms with Gasteiger partial charge in [0.1, 0.15) is 16.5 Å². The molecule has 2 N–H and O–H groups in total. The second-order valence-electron chi connectivity index (χ2n) is 4.37. The molecule has 17 heavy (non-hydrogen) atoms. The van der Waals surface area contributed by atoms with Crippen LogP contribution in [0.25, 0.3) is 0 Å². The van der Waals surface area contributed by atoms with Gasteiger partial charge < -0.3 is 10.4 Å². The van der Waals surface area contributed by atoms with Gasteiger partial charge >= 0.3 is 5.97 Å². The van der Waals surface area contributed by atoms with Crippen LogP contribution in [0.2, 0.25) is 5.15 Å². The van der Waals surface area contributed by atoms with Crippen LogP contribution in [0.5, 0.6) is 0 Å². The summed E-state index contributed by atoms with van der Waals surface area (Å²) < 4.78 is 0. The molecule has 1 aromatic heterocycles. The topological polar surface area (TPSA) is 62.2 Å². The molecule has 0 amide bonds. The summed E-state index contributed by atoms with van der Waals surface area (Å²) in [5.41, 5.74) is 0.174. The van der Waals surface area contributed by atoms with Gasteiger partial charge in [-0.3, -0.25) is 0 Å². The van der Waals surface area contributed by atoms with E-state index in [0.29, 0.717) is 16.9 Å². The second-order valence-corrected chi connectivity index (χ2v) is 4.75. The maximum absolute atomic E-state index is 11.0. The summed E-state index contributed by atoms with van der Waals surface area (Å²) in [6, 6.07) is 2.97. The van der Waals surface area contributed by atoms with Crippen molar-refractivity contribution in [2.75, 3.05) is 11.9 Å². The smallest absolute Gasteiger partial charge is 0.339 e. The second kappa shape index (κ2) is 5.36. The molecular formula is C12H15ClN2O2. The number of halogens is 1. The van der Waals surface area contributed by atoms with Crippen LogP contribution in [-0.4, -0.2) is 22.6 Å². The van der Waals surface area contributed by atoms with Gasteiger partial charge in [0, 0.05) is 6.54 Å². The number of aromatic carboxylic acids is 1. The Bertz CT molecular complexity index is 417. The Morgan fingerprint density at radius 3 is 2.82 bits per heavy atom. The summed E-state index contributed by atoms with van der Waals surface area (Å²) in [5.74, 6) is 0.0115. The number of nitrogens with zero attached hydrogens (tertiary/aromatic N) is 1. The Hall–Kier alpha value is -1.29. The van der Waals surface area contributed by atoms with Crippen molar-refractivity contribution in [3.8, 4) is 0 Å². The summed E-state index contributed by atoms with van der Waals surface area (Å²) in [6.07, 6.45) is 4.94. The molecule has 0 aromatic carbocycles. The lowest BCUT2D eigenvalue weighted by molar-refractivity contribution is 0.0697. The summed E-state index contributed by atoms with van der Waals surface area (Å²) in [6.45, 7) is 0.771. The van der Waals surface area contributed by atoms with E-state index in [1.807, 2.05) is 0 Å². The Balaban J connectivity index is 2.07. The average Bonchev–Trinajstić information content (AvgIpc) is 2.78. The van der Waals surface area contributed by atoms with Crippen LogP contribution < -0.4 is 5.32 Å². The molecule has 1 fully saturated rings. The van der Waals surface area contributed by atoms with E-state index < -0.39 is 5.97 Å². The highest BCUT2D eigenvalue weighted by atomic mass is 35.5. The van der Waals surface area contributed by atoms with Gasteiger partial charge in [0.2, 0.25) is 0 Å². The summed E-state index contributed by atoms with van der Waals surface area (Å²) in [5, 5.41) is 12.4. The Morgan fingerprint density at radius 2 is 2.18 bits per heavy atom. The minimum Gasteiger partial charge on any atom is -0.478 e. The molecule has 4 nitrogen and oxygen atoms in total. The third-order valence-corrected chi connectivity index (χ3v) is 3.34. The SMILES string of the molecule is O=C(O)c1ccc(Cl)nc1NCC1CCCC1. The lowest BCUT2D eigenvalue weighted by atomic mass is 10.1. The molecule has 1 aliphatic rings. The van der Waals surface area contributed by atoms with Crippen molar-refractivity contribution in [3.63, 3.8) is 0 Å². The predicted octanol–water partition coefficient (Wildman–Crippen LogP) is 3.04. The van der Waals surface area contributed by atoms with Crippen molar-refractivity contribution in [1.82, 2.24) is 4.98 Å². The first-order valence-electron chi connectivity index (χ1n) is 5.80. The molecule has 0 radical (unpaired) electrons. The number of pyridine rings is 1. The van der Waals surface area contributed by atoms with Crippen molar-refractivity contribution >= 4 is 23.4 Å². The Labute approximate surface area is 105 Å². The number of nitrogens with one attached hydrogen (secondary N) is 1. The standard InChI is InChI=1S/C12H15ClN2O2/c13-10-6-5-9(12(16)17)11(15-10)14-7-8-3-1-2-4-8/h5-6,8H,1-4,7H2,(H,14,15)(H,16,17). The van der Waals surface area contributed by atoms with E-state index in [1.165, 1.54) is 37.8 Å². The van der Waals surface area contributed by atoms with E-state index in [9.17, 15) is 4.79 Å². The molecule has 1 aliphatic carbocycles. The van der Waals surface area contributed by atoms with E-state index in [1.54, 1.807) is 0 Å². The summed E-state index contributed by atoms with van der Waals surface area (Å²) >= 11 is 5.77. The molecule has 0 bridgehead atoms. The van der Waals surface area contributed by atoms with Gasteiger partial charge in [-0.2, -0.15) is 0 Å². The van der Waals surface area contributed by atoms with Crippen LogP contribution in [0.4, 0.5) is 5.82 Å². The van der Waals surface area contributed by atoms with E-state index in [2.05, 4.69) is 10.3 Å². The highest BCUT2D eigenvalue weighted by molar-refractivity contribution is 6.29. The number of aromatic nitrogens is 1. The average molecular weight is 255 g/mol. The molecule has 92 valence electrons. The van der Waals surface area contributed by atoms with Gasteiger partial charge in [0.25, 0.3) is 0 Å². The molecule has 0 spiro atoms. The quantitative estimate of drug-likeness (QED) is 0.811. The van der Waals surface area contributed by atoms with Crippen molar-refractivity contribution in [2.45, 2.75) is 25.7 Å². The molecule has 1 heterocycles. The van der Waals surface area contributed by atoms with Crippen LogP contribution in [0, 0.1) is 5.92 Å². The Kier molecular flexibility index (Phi) is 3.84. The first-order chi connectivity index (χ1) is 8.16. The third kappa shape index (κ3) is 3.09. The van der Waals surface area contributed by atoms with Gasteiger partial charge in [-0.05, 0) is 30.9 Å².